The predicted molar refractivity (Wildman–Crippen MR) is 138 cm³/mol. The molecule has 0 saturated carbocycles. The third-order valence-corrected chi connectivity index (χ3v) is 6.72. The Hall–Kier alpha value is -3.39. The lowest BCUT2D eigenvalue weighted by Crippen LogP contribution is -2.48. The summed E-state index contributed by atoms with van der Waals surface area (Å²) in [5.74, 6) is -1.63. The molecular formula is C28H37N3O5. The molecule has 2 amide bonds. The number of hydrogen-bond acceptors (Lipinski definition) is 4. The van der Waals surface area contributed by atoms with Gasteiger partial charge in [0.2, 0.25) is 0 Å². The first kappa shape index (κ1) is 27.2. The average Bonchev–Trinajstić information content (AvgIpc) is 2.87. The van der Waals surface area contributed by atoms with Crippen molar-refractivity contribution >= 4 is 18.0 Å². The predicted octanol–water partition coefficient (Wildman–Crippen LogP) is 3.86. The summed E-state index contributed by atoms with van der Waals surface area (Å²) in [6.45, 7) is 3.79. The molecule has 3 rings (SSSR count). The van der Waals surface area contributed by atoms with Gasteiger partial charge < -0.3 is 25.3 Å². The molecule has 1 atom stereocenters. The van der Waals surface area contributed by atoms with E-state index in [1.165, 1.54) is 5.56 Å². The van der Waals surface area contributed by atoms with Crippen LogP contribution in [0.4, 0.5) is 4.79 Å². The number of nitrogens with zero attached hydrogens (tertiary/aromatic N) is 2. The topological polar surface area (TPSA) is 110 Å². The second-order valence-corrected chi connectivity index (χ2v) is 9.51. The molecule has 2 aromatic carbocycles. The van der Waals surface area contributed by atoms with Crippen LogP contribution in [0, 0.1) is 5.92 Å². The van der Waals surface area contributed by atoms with E-state index in [0.29, 0.717) is 19.0 Å². The molecule has 0 radical (unpaired) electrons. The molecule has 36 heavy (non-hydrogen) atoms. The number of hydrogen-bond donors (Lipinski definition) is 3. The standard InChI is InChI=1S/C28H37N3O5/c32-26(33)13-12-25(27(34)35)29-28(36)31(21-24-10-5-2-6-11-24)17-7-16-30-18-14-23(15-19-30)20-22-8-3-1-4-9-22/h1-6,8-11,23,25H,7,12-21H2,(H,29,36)(H,32,33)(H,34,35)/t25-/m0/s1. The van der Waals surface area contributed by atoms with E-state index in [9.17, 15) is 19.5 Å². The number of carboxylic acids is 2. The summed E-state index contributed by atoms with van der Waals surface area (Å²) in [5.41, 5.74) is 2.34. The fraction of sp³-hybridized carbons (Fsp3) is 0.464. The highest BCUT2D eigenvalue weighted by atomic mass is 16.4. The van der Waals surface area contributed by atoms with Crippen LogP contribution in [-0.4, -0.2) is 70.2 Å². The second-order valence-electron chi connectivity index (χ2n) is 9.51. The summed E-state index contributed by atoms with van der Waals surface area (Å²) < 4.78 is 0. The normalized spacial score (nSPS) is 15.2. The van der Waals surface area contributed by atoms with Gasteiger partial charge in [0.1, 0.15) is 6.04 Å². The van der Waals surface area contributed by atoms with Crippen LogP contribution in [0.2, 0.25) is 0 Å². The van der Waals surface area contributed by atoms with Crippen LogP contribution in [-0.2, 0) is 22.6 Å². The van der Waals surface area contributed by atoms with E-state index in [2.05, 4.69) is 34.5 Å². The number of likely N-dealkylation sites (tertiary alicyclic amines) is 1. The maximum absolute atomic E-state index is 13.0. The van der Waals surface area contributed by atoms with Gasteiger partial charge in [-0.05, 0) is 68.8 Å². The molecule has 0 spiro atoms. The van der Waals surface area contributed by atoms with Crippen LogP contribution in [0.15, 0.2) is 60.7 Å². The van der Waals surface area contributed by atoms with Gasteiger partial charge >= 0.3 is 18.0 Å². The molecule has 8 heteroatoms. The Bertz CT molecular complexity index is 962. The number of nitrogens with one attached hydrogen (secondary N) is 1. The Morgan fingerprint density at radius 3 is 2.14 bits per heavy atom. The van der Waals surface area contributed by atoms with Gasteiger partial charge in [0.25, 0.3) is 0 Å². The quantitative estimate of drug-likeness (QED) is 0.389. The van der Waals surface area contributed by atoms with Crippen LogP contribution in [0.1, 0.15) is 43.2 Å². The van der Waals surface area contributed by atoms with Crippen LogP contribution < -0.4 is 5.32 Å². The number of benzene rings is 2. The molecule has 1 saturated heterocycles. The smallest absolute Gasteiger partial charge is 0.326 e. The molecule has 2 aromatic rings. The van der Waals surface area contributed by atoms with Gasteiger partial charge in [0.05, 0.1) is 0 Å². The van der Waals surface area contributed by atoms with Gasteiger partial charge in [-0.15, -0.1) is 0 Å². The Balaban J connectivity index is 1.50. The maximum atomic E-state index is 13.0. The molecule has 1 heterocycles. The molecule has 1 aliphatic rings. The van der Waals surface area contributed by atoms with Crippen LogP contribution in [0.3, 0.4) is 0 Å². The first-order valence-corrected chi connectivity index (χ1v) is 12.7. The van der Waals surface area contributed by atoms with E-state index in [1.54, 1.807) is 4.90 Å². The highest BCUT2D eigenvalue weighted by molar-refractivity contribution is 5.83. The van der Waals surface area contributed by atoms with Gasteiger partial charge in [-0.1, -0.05) is 60.7 Å². The summed E-state index contributed by atoms with van der Waals surface area (Å²) in [6.07, 6.45) is 3.73. The minimum absolute atomic E-state index is 0.159. The van der Waals surface area contributed by atoms with E-state index in [1.807, 2.05) is 36.4 Å². The lowest BCUT2D eigenvalue weighted by molar-refractivity contribution is -0.140. The number of piperidine rings is 1. The SMILES string of the molecule is O=C(O)CC[C@H](NC(=O)N(CCCN1CCC(Cc2ccccc2)CC1)Cc1ccccc1)C(=O)O. The van der Waals surface area contributed by atoms with Crippen LogP contribution >= 0.6 is 0 Å². The number of carboxylic acid groups (broad SMARTS) is 2. The number of rotatable bonds is 13. The number of carbonyl (C=O) groups excluding carboxylic acids is 1. The summed E-state index contributed by atoms with van der Waals surface area (Å²) in [6, 6.07) is 18.4. The lowest BCUT2D eigenvalue weighted by atomic mass is 9.90. The van der Waals surface area contributed by atoms with E-state index in [4.69, 9.17) is 5.11 Å². The molecule has 0 unspecified atom stereocenters. The van der Waals surface area contributed by atoms with Crippen molar-refractivity contribution in [2.75, 3.05) is 26.2 Å². The Morgan fingerprint density at radius 1 is 0.944 bits per heavy atom. The van der Waals surface area contributed by atoms with Gasteiger partial charge in [-0.3, -0.25) is 4.79 Å². The number of amides is 2. The molecule has 3 N–H and O–H groups in total. The van der Waals surface area contributed by atoms with Crippen molar-refractivity contribution in [1.29, 1.82) is 0 Å². The molecule has 0 bridgehead atoms. The van der Waals surface area contributed by atoms with Gasteiger partial charge in [-0.25, -0.2) is 9.59 Å². The summed E-state index contributed by atoms with van der Waals surface area (Å²) in [5, 5.41) is 20.8. The number of carbonyl (C=O) groups is 3. The van der Waals surface area contributed by atoms with E-state index < -0.39 is 24.0 Å². The highest BCUT2D eigenvalue weighted by Crippen LogP contribution is 2.22. The maximum Gasteiger partial charge on any atom is 0.326 e. The molecule has 194 valence electrons. The minimum Gasteiger partial charge on any atom is -0.481 e. The molecular weight excluding hydrogens is 458 g/mol. The molecule has 0 aliphatic carbocycles. The Kier molecular flexibility index (Phi) is 10.8. The minimum atomic E-state index is -1.24. The van der Waals surface area contributed by atoms with Crippen molar-refractivity contribution in [1.82, 2.24) is 15.1 Å². The van der Waals surface area contributed by atoms with Gasteiger partial charge in [0, 0.05) is 19.5 Å². The Labute approximate surface area is 212 Å². The van der Waals surface area contributed by atoms with Crippen LogP contribution in [0.5, 0.6) is 0 Å². The zero-order valence-corrected chi connectivity index (χ0v) is 20.7. The monoisotopic (exact) mass is 495 g/mol. The summed E-state index contributed by atoms with van der Waals surface area (Å²) >= 11 is 0. The van der Waals surface area contributed by atoms with E-state index >= 15 is 0 Å². The number of urea groups is 1. The molecule has 1 fully saturated rings. The first-order chi connectivity index (χ1) is 17.4. The summed E-state index contributed by atoms with van der Waals surface area (Å²) in [7, 11) is 0. The third kappa shape index (κ3) is 9.34. The summed E-state index contributed by atoms with van der Waals surface area (Å²) in [4.78, 5) is 39.5. The van der Waals surface area contributed by atoms with Crippen molar-refractivity contribution in [3.8, 4) is 0 Å². The highest BCUT2D eigenvalue weighted by Gasteiger charge is 2.25. The zero-order valence-electron chi connectivity index (χ0n) is 20.7. The zero-order chi connectivity index (χ0) is 25.8. The second kappa shape index (κ2) is 14.2. The van der Waals surface area contributed by atoms with Gasteiger partial charge in [0.15, 0.2) is 0 Å². The molecule has 0 aromatic heterocycles. The van der Waals surface area contributed by atoms with Crippen molar-refractivity contribution in [2.45, 2.75) is 51.1 Å². The van der Waals surface area contributed by atoms with Crippen molar-refractivity contribution in [2.24, 2.45) is 5.92 Å². The number of aliphatic carboxylic acids is 2. The Morgan fingerprint density at radius 2 is 1.56 bits per heavy atom. The van der Waals surface area contributed by atoms with E-state index in [-0.39, 0.29) is 12.8 Å². The third-order valence-electron chi connectivity index (χ3n) is 6.72. The van der Waals surface area contributed by atoms with Crippen molar-refractivity contribution < 1.29 is 24.6 Å². The largest absolute Gasteiger partial charge is 0.481 e. The lowest BCUT2D eigenvalue weighted by Gasteiger charge is -2.33. The van der Waals surface area contributed by atoms with Crippen molar-refractivity contribution in [3.05, 3.63) is 71.8 Å². The van der Waals surface area contributed by atoms with E-state index in [0.717, 1.165) is 50.9 Å². The average molecular weight is 496 g/mol. The fourth-order valence-corrected chi connectivity index (χ4v) is 4.67. The molecule has 1 aliphatic heterocycles. The van der Waals surface area contributed by atoms with Gasteiger partial charge in [-0.2, -0.15) is 0 Å². The molecule has 8 nitrogen and oxygen atoms in total. The first-order valence-electron chi connectivity index (χ1n) is 12.7. The van der Waals surface area contributed by atoms with Crippen LogP contribution in [0.25, 0.3) is 0 Å². The van der Waals surface area contributed by atoms with Crippen molar-refractivity contribution in [3.63, 3.8) is 0 Å². The fourth-order valence-electron chi connectivity index (χ4n) is 4.67.